The maximum absolute atomic E-state index is 12.8. The van der Waals surface area contributed by atoms with Gasteiger partial charge in [0.1, 0.15) is 11.6 Å². The van der Waals surface area contributed by atoms with Crippen LogP contribution in [0.25, 0.3) is 0 Å². The summed E-state index contributed by atoms with van der Waals surface area (Å²) < 4.78 is 12.8. The molecule has 24 heavy (non-hydrogen) atoms. The Kier molecular flexibility index (Phi) is 6.62. The Hall–Kier alpha value is -2.54. The number of carbonyl (C=O) groups is 1. The number of hydrogen-bond acceptors (Lipinski definition) is 5. The standard InChI is InChI=1S/C17H22FN5O/c1-23(2)12-11-20-17(24)15-7-8-16(22-21-15)19-10-9-13-3-5-14(18)6-4-13/h3-8H,9-12H2,1-2H3,(H,19,22)(H,20,24). The van der Waals surface area contributed by atoms with Gasteiger partial charge in [-0.15, -0.1) is 10.2 Å². The van der Waals surface area contributed by atoms with Crippen LogP contribution < -0.4 is 10.6 Å². The number of carbonyl (C=O) groups excluding carboxylic acids is 1. The molecule has 1 aromatic carbocycles. The number of halogens is 1. The number of nitrogens with zero attached hydrogens (tertiary/aromatic N) is 3. The van der Waals surface area contributed by atoms with Gasteiger partial charge in [0.2, 0.25) is 0 Å². The molecule has 0 saturated heterocycles. The average molecular weight is 331 g/mol. The number of likely N-dealkylation sites (N-methyl/N-ethyl adjacent to an activating group) is 1. The molecule has 0 saturated carbocycles. The summed E-state index contributed by atoms with van der Waals surface area (Å²) in [5, 5.41) is 13.8. The Balaban J connectivity index is 1.77. The molecule has 6 nitrogen and oxygen atoms in total. The van der Waals surface area contributed by atoms with Gasteiger partial charge in [-0.3, -0.25) is 4.79 Å². The van der Waals surface area contributed by atoms with Crippen LogP contribution in [-0.2, 0) is 6.42 Å². The molecular weight excluding hydrogens is 309 g/mol. The third-order valence-corrected chi connectivity index (χ3v) is 3.37. The smallest absolute Gasteiger partial charge is 0.271 e. The summed E-state index contributed by atoms with van der Waals surface area (Å²) in [5.74, 6) is 0.126. The van der Waals surface area contributed by atoms with Crippen LogP contribution >= 0.6 is 0 Å². The number of nitrogens with one attached hydrogen (secondary N) is 2. The van der Waals surface area contributed by atoms with Crippen LogP contribution in [0.3, 0.4) is 0 Å². The molecule has 0 aliphatic carbocycles. The minimum atomic E-state index is -0.239. The molecule has 0 radical (unpaired) electrons. The first-order chi connectivity index (χ1) is 11.5. The highest BCUT2D eigenvalue weighted by molar-refractivity contribution is 5.92. The van der Waals surface area contributed by atoms with E-state index in [1.54, 1.807) is 24.3 Å². The fourth-order valence-electron chi connectivity index (χ4n) is 2.02. The molecule has 1 amide bonds. The van der Waals surface area contributed by atoms with Crippen molar-refractivity contribution in [2.24, 2.45) is 0 Å². The van der Waals surface area contributed by atoms with Crippen molar-refractivity contribution in [2.75, 3.05) is 39.0 Å². The van der Waals surface area contributed by atoms with Gasteiger partial charge in [-0.1, -0.05) is 12.1 Å². The molecule has 0 aliphatic heterocycles. The zero-order chi connectivity index (χ0) is 17.4. The average Bonchev–Trinajstić information content (AvgIpc) is 2.57. The molecule has 0 atom stereocenters. The summed E-state index contributed by atoms with van der Waals surface area (Å²) >= 11 is 0. The van der Waals surface area contributed by atoms with E-state index < -0.39 is 0 Å². The van der Waals surface area contributed by atoms with E-state index in [1.807, 2.05) is 19.0 Å². The van der Waals surface area contributed by atoms with Crippen molar-refractivity contribution in [2.45, 2.75) is 6.42 Å². The second kappa shape index (κ2) is 8.93. The number of aromatic nitrogens is 2. The van der Waals surface area contributed by atoms with Gasteiger partial charge in [0.15, 0.2) is 5.69 Å². The quantitative estimate of drug-likeness (QED) is 0.768. The van der Waals surface area contributed by atoms with Gasteiger partial charge in [-0.05, 0) is 50.3 Å². The Bertz CT molecular complexity index is 643. The van der Waals surface area contributed by atoms with Crippen LogP contribution in [-0.4, -0.2) is 54.7 Å². The fourth-order valence-corrected chi connectivity index (χ4v) is 2.02. The maximum atomic E-state index is 12.8. The molecule has 1 heterocycles. The first-order valence-corrected chi connectivity index (χ1v) is 7.79. The van der Waals surface area contributed by atoms with Crippen molar-refractivity contribution in [1.29, 1.82) is 0 Å². The zero-order valence-corrected chi connectivity index (χ0v) is 13.9. The van der Waals surface area contributed by atoms with Crippen LogP contribution in [0.15, 0.2) is 36.4 Å². The molecule has 0 unspecified atom stereocenters. The zero-order valence-electron chi connectivity index (χ0n) is 13.9. The van der Waals surface area contributed by atoms with Gasteiger partial charge in [0.25, 0.3) is 5.91 Å². The minimum absolute atomic E-state index is 0.234. The molecule has 7 heteroatoms. The van der Waals surface area contributed by atoms with Crippen LogP contribution in [0.2, 0.25) is 0 Å². The SMILES string of the molecule is CN(C)CCNC(=O)c1ccc(NCCc2ccc(F)cc2)nn1. The predicted molar refractivity (Wildman–Crippen MR) is 91.5 cm³/mol. The molecule has 0 bridgehead atoms. The lowest BCUT2D eigenvalue weighted by molar-refractivity contribution is 0.0945. The van der Waals surface area contributed by atoms with E-state index in [2.05, 4.69) is 20.8 Å². The van der Waals surface area contributed by atoms with Crippen molar-refractivity contribution in [3.8, 4) is 0 Å². The second-order valence-corrected chi connectivity index (χ2v) is 5.67. The molecule has 0 spiro atoms. The lowest BCUT2D eigenvalue weighted by Gasteiger charge is -2.10. The first-order valence-electron chi connectivity index (χ1n) is 7.79. The Morgan fingerprint density at radius 3 is 2.46 bits per heavy atom. The molecule has 2 N–H and O–H groups in total. The summed E-state index contributed by atoms with van der Waals surface area (Å²) in [5.41, 5.74) is 1.33. The minimum Gasteiger partial charge on any atom is -0.368 e. The van der Waals surface area contributed by atoms with Crippen LogP contribution in [0.1, 0.15) is 16.1 Å². The molecule has 2 rings (SSSR count). The number of hydrogen-bond donors (Lipinski definition) is 2. The first kappa shape index (κ1) is 17.8. The fraction of sp³-hybridized carbons (Fsp3) is 0.353. The Morgan fingerprint density at radius 1 is 1.08 bits per heavy atom. The molecule has 2 aromatic rings. The van der Waals surface area contributed by atoms with Crippen LogP contribution in [0.5, 0.6) is 0 Å². The van der Waals surface area contributed by atoms with Gasteiger partial charge in [-0.25, -0.2) is 4.39 Å². The summed E-state index contributed by atoms with van der Waals surface area (Å²) in [4.78, 5) is 13.9. The molecular formula is C17H22FN5O. The third-order valence-electron chi connectivity index (χ3n) is 3.37. The summed E-state index contributed by atoms with van der Waals surface area (Å²) in [6.45, 7) is 1.97. The second-order valence-electron chi connectivity index (χ2n) is 5.67. The predicted octanol–water partition coefficient (Wildman–Crippen LogP) is 1.56. The molecule has 0 fully saturated rings. The van der Waals surface area contributed by atoms with Gasteiger partial charge < -0.3 is 15.5 Å². The van der Waals surface area contributed by atoms with Gasteiger partial charge in [0.05, 0.1) is 0 Å². The van der Waals surface area contributed by atoms with E-state index in [-0.39, 0.29) is 17.4 Å². The topological polar surface area (TPSA) is 70.2 Å². The lowest BCUT2D eigenvalue weighted by Crippen LogP contribution is -2.31. The number of amides is 1. The number of anilines is 1. The van der Waals surface area contributed by atoms with Crippen molar-refractivity contribution < 1.29 is 9.18 Å². The van der Waals surface area contributed by atoms with Gasteiger partial charge in [0, 0.05) is 19.6 Å². The van der Waals surface area contributed by atoms with E-state index in [0.717, 1.165) is 18.5 Å². The van der Waals surface area contributed by atoms with Crippen molar-refractivity contribution in [3.05, 3.63) is 53.5 Å². The maximum Gasteiger partial charge on any atom is 0.271 e. The molecule has 1 aromatic heterocycles. The highest BCUT2D eigenvalue weighted by Crippen LogP contribution is 2.05. The monoisotopic (exact) mass is 331 g/mol. The Labute approximate surface area is 141 Å². The lowest BCUT2D eigenvalue weighted by atomic mass is 10.1. The Morgan fingerprint density at radius 2 is 1.83 bits per heavy atom. The summed E-state index contributed by atoms with van der Waals surface area (Å²) in [7, 11) is 3.89. The normalized spacial score (nSPS) is 10.7. The van der Waals surface area contributed by atoms with E-state index >= 15 is 0 Å². The van der Waals surface area contributed by atoms with E-state index in [1.165, 1.54) is 12.1 Å². The summed E-state index contributed by atoms with van der Waals surface area (Å²) in [6, 6.07) is 9.75. The molecule has 128 valence electrons. The van der Waals surface area contributed by atoms with Crippen LogP contribution in [0.4, 0.5) is 10.2 Å². The highest BCUT2D eigenvalue weighted by atomic mass is 19.1. The molecule has 0 aliphatic rings. The van der Waals surface area contributed by atoms with Crippen molar-refractivity contribution in [3.63, 3.8) is 0 Å². The summed E-state index contributed by atoms with van der Waals surface area (Å²) in [6.07, 6.45) is 0.745. The third kappa shape index (κ3) is 5.92. The number of rotatable bonds is 8. The van der Waals surface area contributed by atoms with Gasteiger partial charge >= 0.3 is 0 Å². The van der Waals surface area contributed by atoms with E-state index in [4.69, 9.17) is 0 Å². The van der Waals surface area contributed by atoms with Crippen molar-refractivity contribution >= 4 is 11.7 Å². The number of benzene rings is 1. The largest absolute Gasteiger partial charge is 0.368 e. The highest BCUT2D eigenvalue weighted by Gasteiger charge is 2.07. The van der Waals surface area contributed by atoms with E-state index in [9.17, 15) is 9.18 Å². The van der Waals surface area contributed by atoms with Crippen molar-refractivity contribution in [1.82, 2.24) is 20.4 Å². The van der Waals surface area contributed by atoms with Gasteiger partial charge in [-0.2, -0.15) is 0 Å². The van der Waals surface area contributed by atoms with E-state index in [0.29, 0.717) is 18.9 Å². The van der Waals surface area contributed by atoms with Crippen LogP contribution in [0, 0.1) is 5.82 Å².